The van der Waals surface area contributed by atoms with Crippen LogP contribution < -0.4 is 5.32 Å². The van der Waals surface area contributed by atoms with Crippen LogP contribution >= 0.6 is 0 Å². The molecule has 13 nitrogen and oxygen atoms in total. The first-order valence-electron chi connectivity index (χ1n) is 9.74. The molecule has 0 aromatic heterocycles. The van der Waals surface area contributed by atoms with Gasteiger partial charge in [-0.15, -0.1) is 0 Å². The Kier molecular flexibility index (Phi) is 8.35. The summed E-state index contributed by atoms with van der Waals surface area (Å²) >= 11 is 0. The topological polar surface area (TPSA) is 204 Å². The van der Waals surface area contributed by atoms with Gasteiger partial charge < -0.3 is 54.9 Å². The summed E-state index contributed by atoms with van der Waals surface area (Å²) in [5.41, 5.74) is -0.882. The summed E-state index contributed by atoms with van der Waals surface area (Å²) in [6.45, 7) is 5.33. The van der Waals surface area contributed by atoms with Gasteiger partial charge in [-0.05, 0) is 20.8 Å². The zero-order valence-corrected chi connectivity index (χ0v) is 17.6. The minimum Gasteiger partial charge on any atom is -0.479 e. The highest BCUT2D eigenvalue weighted by molar-refractivity contribution is 5.73. The second-order valence-corrected chi connectivity index (χ2v) is 8.50. The Labute approximate surface area is 178 Å². The first-order chi connectivity index (χ1) is 14.3. The van der Waals surface area contributed by atoms with Crippen molar-refractivity contribution in [2.75, 3.05) is 6.61 Å². The van der Waals surface area contributed by atoms with E-state index in [1.54, 1.807) is 20.8 Å². The minimum absolute atomic E-state index is 0.603. The van der Waals surface area contributed by atoms with Gasteiger partial charge in [-0.25, -0.2) is 4.79 Å². The molecular weight excluding hydrogens is 422 g/mol. The van der Waals surface area contributed by atoms with Crippen molar-refractivity contribution in [3.05, 3.63) is 0 Å². The molecule has 0 saturated carbocycles. The van der Waals surface area contributed by atoms with Crippen LogP contribution in [0.25, 0.3) is 0 Å². The Bertz CT molecular complexity index is 640. The van der Waals surface area contributed by atoms with Gasteiger partial charge in [0.2, 0.25) is 5.91 Å². The zero-order chi connectivity index (χ0) is 23.7. The Morgan fingerprint density at radius 1 is 1.00 bits per heavy atom. The first-order valence-corrected chi connectivity index (χ1v) is 9.74. The monoisotopic (exact) mass is 453 g/mol. The third kappa shape index (κ3) is 6.09. The highest BCUT2D eigenvalue weighted by Crippen LogP contribution is 2.31. The Balaban J connectivity index is 2.33. The molecule has 0 aromatic carbocycles. The van der Waals surface area contributed by atoms with Crippen molar-refractivity contribution in [1.29, 1.82) is 0 Å². The molecule has 13 heteroatoms. The Morgan fingerprint density at radius 2 is 1.61 bits per heavy atom. The molecule has 2 aliphatic rings. The lowest BCUT2D eigenvalue weighted by atomic mass is 9.95. The molecule has 180 valence electrons. The number of nitrogens with one attached hydrogen (secondary N) is 1. The van der Waals surface area contributed by atoms with E-state index in [1.807, 2.05) is 0 Å². The average Bonchev–Trinajstić information content (AvgIpc) is 2.64. The second-order valence-electron chi connectivity index (χ2n) is 8.50. The minimum atomic E-state index is -1.84. The number of amides is 1. The molecule has 0 bridgehead atoms. The molecule has 2 rings (SSSR count). The van der Waals surface area contributed by atoms with Crippen LogP contribution in [0.5, 0.6) is 0 Å². The van der Waals surface area contributed by atoms with Crippen LogP contribution in [0.2, 0.25) is 0 Å². The molecule has 2 fully saturated rings. The van der Waals surface area contributed by atoms with E-state index < -0.39 is 85.4 Å². The number of hydrogen-bond donors (Lipinski definition) is 7. The van der Waals surface area contributed by atoms with Crippen LogP contribution in [0.3, 0.4) is 0 Å². The molecule has 2 saturated heterocycles. The number of hydrogen-bond acceptors (Lipinski definition) is 11. The smallest absolute Gasteiger partial charge is 0.335 e. The van der Waals surface area contributed by atoms with E-state index in [-0.39, 0.29) is 0 Å². The second kappa shape index (κ2) is 10.0. The van der Waals surface area contributed by atoms with Crippen molar-refractivity contribution < 1.29 is 59.2 Å². The van der Waals surface area contributed by atoms with Gasteiger partial charge in [0, 0.05) is 6.92 Å². The van der Waals surface area contributed by atoms with E-state index in [0.717, 1.165) is 6.92 Å². The molecule has 0 spiro atoms. The van der Waals surface area contributed by atoms with E-state index in [2.05, 4.69) is 5.32 Å². The van der Waals surface area contributed by atoms with Gasteiger partial charge in [0.25, 0.3) is 0 Å². The normalized spacial score (nSPS) is 41.6. The fourth-order valence-corrected chi connectivity index (χ4v) is 3.49. The number of aliphatic hydroxyl groups excluding tert-OH is 5. The summed E-state index contributed by atoms with van der Waals surface area (Å²) in [6.07, 6.45) is -14.5. The zero-order valence-electron chi connectivity index (χ0n) is 17.6. The van der Waals surface area contributed by atoms with Gasteiger partial charge in [-0.3, -0.25) is 4.79 Å². The standard InChI is InChI=1S/C18H31NO12/c1-6(21)19-8-12(9(22)7(5-20)28-16(8)27)29-17-11(24)13(31-18(2,3)4)10(23)14(30-17)15(25)26/h7-14,16-17,20,22-24,27H,5H2,1-4H3,(H,19,21)(H,25,26). The summed E-state index contributed by atoms with van der Waals surface area (Å²) in [5, 5.41) is 62.9. The van der Waals surface area contributed by atoms with E-state index >= 15 is 0 Å². The molecule has 10 atom stereocenters. The Hall–Kier alpha value is -1.42. The van der Waals surface area contributed by atoms with Crippen molar-refractivity contribution in [3.63, 3.8) is 0 Å². The summed E-state index contributed by atoms with van der Waals surface area (Å²) in [4.78, 5) is 23.1. The van der Waals surface area contributed by atoms with Gasteiger partial charge >= 0.3 is 5.97 Å². The van der Waals surface area contributed by atoms with E-state index in [9.17, 15) is 40.2 Å². The van der Waals surface area contributed by atoms with Crippen molar-refractivity contribution in [3.8, 4) is 0 Å². The molecule has 10 unspecified atom stereocenters. The average molecular weight is 453 g/mol. The fourth-order valence-electron chi connectivity index (χ4n) is 3.49. The van der Waals surface area contributed by atoms with Crippen LogP contribution in [0.15, 0.2) is 0 Å². The summed E-state index contributed by atoms with van der Waals surface area (Å²) in [7, 11) is 0. The number of aliphatic hydroxyl groups is 5. The third-order valence-electron chi connectivity index (χ3n) is 4.81. The summed E-state index contributed by atoms with van der Waals surface area (Å²) in [5.74, 6) is -2.15. The van der Waals surface area contributed by atoms with Crippen molar-refractivity contribution >= 4 is 11.9 Å². The number of ether oxygens (including phenoxy) is 4. The van der Waals surface area contributed by atoms with Crippen molar-refractivity contribution in [1.82, 2.24) is 5.32 Å². The maximum atomic E-state index is 11.6. The molecular formula is C18H31NO12. The van der Waals surface area contributed by atoms with E-state index in [1.165, 1.54) is 0 Å². The van der Waals surface area contributed by atoms with E-state index in [4.69, 9.17) is 18.9 Å². The predicted molar refractivity (Wildman–Crippen MR) is 99.4 cm³/mol. The maximum Gasteiger partial charge on any atom is 0.335 e. The summed E-state index contributed by atoms with van der Waals surface area (Å²) < 4.78 is 21.5. The molecule has 7 N–H and O–H groups in total. The molecule has 2 heterocycles. The van der Waals surface area contributed by atoms with Crippen LogP contribution in [0, 0.1) is 0 Å². The molecule has 1 amide bonds. The largest absolute Gasteiger partial charge is 0.479 e. The first kappa shape index (κ1) is 25.8. The van der Waals surface area contributed by atoms with Gasteiger partial charge in [0.15, 0.2) is 18.7 Å². The number of aliphatic carboxylic acids is 1. The van der Waals surface area contributed by atoms with Gasteiger partial charge in [-0.1, -0.05) is 0 Å². The predicted octanol–water partition coefficient (Wildman–Crippen LogP) is -3.34. The van der Waals surface area contributed by atoms with Gasteiger partial charge in [0.1, 0.15) is 42.7 Å². The molecule has 0 aliphatic carbocycles. The Morgan fingerprint density at radius 3 is 2.10 bits per heavy atom. The molecule has 0 aromatic rings. The molecule has 0 radical (unpaired) electrons. The van der Waals surface area contributed by atoms with Crippen molar-refractivity contribution in [2.45, 2.75) is 94.6 Å². The highest BCUT2D eigenvalue weighted by Gasteiger charge is 2.53. The van der Waals surface area contributed by atoms with Gasteiger partial charge in [-0.2, -0.15) is 0 Å². The fraction of sp³-hybridized carbons (Fsp3) is 0.889. The number of carbonyl (C=O) groups is 2. The SMILES string of the molecule is CC(=O)NC1C(O)OC(CO)C(O)C1OC1OC(C(=O)O)C(O)C(OC(C)(C)C)C1O. The van der Waals surface area contributed by atoms with Gasteiger partial charge in [0.05, 0.1) is 12.2 Å². The maximum absolute atomic E-state index is 11.6. The van der Waals surface area contributed by atoms with Crippen molar-refractivity contribution in [2.24, 2.45) is 0 Å². The number of carboxylic acids is 1. The summed E-state index contributed by atoms with van der Waals surface area (Å²) in [6, 6.07) is -1.34. The lowest BCUT2D eigenvalue weighted by Gasteiger charge is -2.47. The van der Waals surface area contributed by atoms with E-state index in [0.29, 0.717) is 0 Å². The highest BCUT2D eigenvalue weighted by atomic mass is 16.7. The number of rotatable bonds is 6. The lowest BCUT2D eigenvalue weighted by molar-refractivity contribution is -0.345. The lowest BCUT2D eigenvalue weighted by Crippen LogP contribution is -2.68. The van der Waals surface area contributed by atoms with Crippen LogP contribution in [0.1, 0.15) is 27.7 Å². The van der Waals surface area contributed by atoms with Crippen LogP contribution in [-0.4, -0.2) is 116 Å². The third-order valence-corrected chi connectivity index (χ3v) is 4.81. The van der Waals surface area contributed by atoms with Crippen LogP contribution in [-0.2, 0) is 28.5 Å². The van der Waals surface area contributed by atoms with Crippen LogP contribution in [0.4, 0.5) is 0 Å². The quantitative estimate of drug-likeness (QED) is 0.211. The molecule has 2 aliphatic heterocycles. The molecule has 31 heavy (non-hydrogen) atoms. The number of carboxylic acid groups (broad SMARTS) is 1. The number of carbonyl (C=O) groups excluding carboxylic acids is 1.